The zero-order chi connectivity index (χ0) is 17.4. The number of methoxy groups -OCH3 is 1. The molecule has 0 aliphatic rings. The number of carbonyl (C=O) groups excluding carboxylic acids is 1. The van der Waals surface area contributed by atoms with Gasteiger partial charge in [-0.1, -0.05) is 0 Å². The molecule has 3 heterocycles. The lowest BCUT2D eigenvalue weighted by Gasteiger charge is -2.07. The number of amides is 1. The number of fused-ring (bicyclic) bond motifs is 1. The summed E-state index contributed by atoms with van der Waals surface area (Å²) in [5, 5.41) is 0. The zero-order valence-corrected chi connectivity index (χ0v) is 13.3. The van der Waals surface area contributed by atoms with Crippen LogP contribution in [-0.4, -0.2) is 28.0 Å². The monoisotopic (exact) mass is 334 g/mol. The third-order valence-electron chi connectivity index (χ3n) is 3.95. The molecule has 3 aromatic heterocycles. The summed E-state index contributed by atoms with van der Waals surface area (Å²) in [6.07, 6.45) is 5.02. The minimum absolute atomic E-state index is 0.373. The molecule has 1 amide bonds. The van der Waals surface area contributed by atoms with Crippen molar-refractivity contribution in [3.63, 3.8) is 0 Å². The van der Waals surface area contributed by atoms with Crippen molar-refractivity contribution in [3.8, 4) is 28.3 Å². The summed E-state index contributed by atoms with van der Waals surface area (Å²) >= 11 is 0. The second kappa shape index (κ2) is 5.79. The second-order valence-corrected chi connectivity index (χ2v) is 5.43. The Morgan fingerprint density at radius 1 is 1.24 bits per heavy atom. The largest absolute Gasteiger partial charge is 0.496 e. The van der Waals surface area contributed by atoms with Crippen LogP contribution in [-0.2, 0) is 0 Å². The van der Waals surface area contributed by atoms with Crippen LogP contribution in [0.2, 0.25) is 0 Å². The molecule has 25 heavy (non-hydrogen) atoms. The summed E-state index contributed by atoms with van der Waals surface area (Å²) in [7, 11) is 1.56. The Kier molecular flexibility index (Phi) is 3.46. The van der Waals surface area contributed by atoms with Crippen molar-refractivity contribution in [2.45, 2.75) is 0 Å². The number of hydrogen-bond acceptors (Lipinski definition) is 5. The number of primary amides is 1. The van der Waals surface area contributed by atoms with E-state index < -0.39 is 5.91 Å². The van der Waals surface area contributed by atoms with Crippen LogP contribution in [0.5, 0.6) is 5.75 Å². The molecular formula is C18H14N4O3. The van der Waals surface area contributed by atoms with E-state index in [0.29, 0.717) is 33.7 Å². The first-order valence-corrected chi connectivity index (χ1v) is 7.53. The molecule has 0 aliphatic carbocycles. The smallest absolute Gasteiger partial charge is 0.248 e. The van der Waals surface area contributed by atoms with E-state index in [1.807, 2.05) is 6.07 Å². The van der Waals surface area contributed by atoms with E-state index in [4.69, 9.17) is 14.9 Å². The average Bonchev–Trinajstić information content (AvgIpc) is 3.30. The fourth-order valence-electron chi connectivity index (χ4n) is 2.74. The van der Waals surface area contributed by atoms with Crippen molar-refractivity contribution < 1.29 is 13.9 Å². The molecule has 1 aromatic carbocycles. The number of benzene rings is 1. The number of hydrogen-bond donors (Lipinski definition) is 2. The highest BCUT2D eigenvalue weighted by atomic mass is 16.5. The number of nitrogens with zero attached hydrogens (tertiary/aromatic N) is 2. The van der Waals surface area contributed by atoms with Gasteiger partial charge in [0.1, 0.15) is 17.0 Å². The molecule has 7 nitrogen and oxygen atoms in total. The topological polar surface area (TPSA) is 107 Å². The lowest BCUT2D eigenvalue weighted by atomic mass is 10.1. The van der Waals surface area contributed by atoms with Gasteiger partial charge in [0, 0.05) is 23.4 Å². The Hall–Kier alpha value is -3.61. The molecule has 0 saturated heterocycles. The number of nitrogens with two attached hydrogens (primary N) is 1. The normalized spacial score (nSPS) is 10.9. The van der Waals surface area contributed by atoms with Gasteiger partial charge in [0.25, 0.3) is 0 Å². The quantitative estimate of drug-likeness (QED) is 0.596. The summed E-state index contributed by atoms with van der Waals surface area (Å²) in [6.45, 7) is 0. The lowest BCUT2D eigenvalue weighted by molar-refractivity contribution is 0.100. The summed E-state index contributed by atoms with van der Waals surface area (Å²) < 4.78 is 11.4. The fraction of sp³-hybridized carbons (Fsp3) is 0.0556. The van der Waals surface area contributed by atoms with Gasteiger partial charge >= 0.3 is 0 Å². The van der Waals surface area contributed by atoms with E-state index >= 15 is 0 Å². The molecule has 4 aromatic rings. The van der Waals surface area contributed by atoms with Crippen molar-refractivity contribution >= 4 is 17.0 Å². The van der Waals surface area contributed by atoms with Crippen molar-refractivity contribution in [3.05, 3.63) is 54.6 Å². The van der Waals surface area contributed by atoms with E-state index in [1.54, 1.807) is 50.1 Å². The van der Waals surface area contributed by atoms with Gasteiger partial charge < -0.3 is 19.9 Å². The number of imidazole rings is 1. The molecule has 0 spiro atoms. The highest BCUT2D eigenvalue weighted by Crippen LogP contribution is 2.37. The average molecular weight is 334 g/mol. The fourth-order valence-corrected chi connectivity index (χ4v) is 2.74. The highest BCUT2D eigenvalue weighted by molar-refractivity contribution is 5.96. The van der Waals surface area contributed by atoms with Gasteiger partial charge in [-0.2, -0.15) is 0 Å². The Bertz CT molecular complexity index is 1070. The van der Waals surface area contributed by atoms with Crippen LogP contribution in [0.25, 0.3) is 33.7 Å². The molecular weight excluding hydrogens is 320 g/mol. The molecule has 0 atom stereocenters. The third kappa shape index (κ3) is 2.51. The number of pyridine rings is 1. The SMILES string of the molecule is COc1ccc(C(N)=O)cc1-c1cc2nccc(-c3cnc[nH]3)c2o1. The van der Waals surface area contributed by atoms with Gasteiger partial charge in [0.2, 0.25) is 5.91 Å². The van der Waals surface area contributed by atoms with Gasteiger partial charge in [0.05, 0.1) is 30.9 Å². The summed E-state index contributed by atoms with van der Waals surface area (Å²) in [5.74, 6) is 0.595. The first-order chi connectivity index (χ1) is 12.2. The number of furan rings is 1. The molecule has 124 valence electrons. The number of aromatic nitrogens is 3. The van der Waals surface area contributed by atoms with Gasteiger partial charge in [-0.3, -0.25) is 9.78 Å². The van der Waals surface area contributed by atoms with Gasteiger partial charge in [-0.05, 0) is 24.3 Å². The number of rotatable bonds is 4. The van der Waals surface area contributed by atoms with Crippen LogP contribution >= 0.6 is 0 Å². The van der Waals surface area contributed by atoms with Gasteiger partial charge in [-0.15, -0.1) is 0 Å². The summed E-state index contributed by atoms with van der Waals surface area (Å²) in [6, 6.07) is 8.60. The maximum Gasteiger partial charge on any atom is 0.248 e. The number of H-pyrrole nitrogens is 1. The Labute approximate surface area is 142 Å². The number of carbonyl (C=O) groups is 1. The molecule has 0 aliphatic heterocycles. The minimum Gasteiger partial charge on any atom is -0.496 e. The summed E-state index contributed by atoms with van der Waals surface area (Å²) in [4.78, 5) is 22.9. The molecule has 0 fully saturated rings. The van der Waals surface area contributed by atoms with Crippen molar-refractivity contribution in [1.29, 1.82) is 0 Å². The number of ether oxygens (including phenoxy) is 1. The van der Waals surface area contributed by atoms with Crippen molar-refractivity contribution in [1.82, 2.24) is 15.0 Å². The maximum atomic E-state index is 11.5. The molecule has 0 bridgehead atoms. The van der Waals surface area contributed by atoms with E-state index in [2.05, 4.69) is 15.0 Å². The first-order valence-electron chi connectivity index (χ1n) is 7.53. The zero-order valence-electron chi connectivity index (χ0n) is 13.3. The number of nitrogens with one attached hydrogen (secondary N) is 1. The molecule has 0 radical (unpaired) electrons. The lowest BCUT2D eigenvalue weighted by Crippen LogP contribution is -2.10. The predicted molar refractivity (Wildman–Crippen MR) is 92.1 cm³/mol. The van der Waals surface area contributed by atoms with E-state index in [9.17, 15) is 4.79 Å². The Balaban J connectivity index is 1.93. The van der Waals surface area contributed by atoms with Crippen LogP contribution in [0.3, 0.4) is 0 Å². The Morgan fingerprint density at radius 2 is 2.12 bits per heavy atom. The molecule has 7 heteroatoms. The van der Waals surface area contributed by atoms with Gasteiger partial charge in [0.15, 0.2) is 5.58 Å². The van der Waals surface area contributed by atoms with E-state index in [0.717, 1.165) is 11.3 Å². The Morgan fingerprint density at radius 3 is 2.84 bits per heavy atom. The molecule has 3 N–H and O–H groups in total. The standard InChI is InChI=1S/C18H14N4O3/c1-24-15-3-2-10(18(19)23)6-12(15)16-7-13-17(25-16)11(4-5-21-13)14-8-20-9-22-14/h2-9H,1H3,(H2,19,23)(H,20,22). The van der Waals surface area contributed by atoms with Gasteiger partial charge in [-0.25, -0.2) is 4.98 Å². The predicted octanol–water partition coefficient (Wildman–Crippen LogP) is 2.99. The van der Waals surface area contributed by atoms with Crippen molar-refractivity contribution in [2.75, 3.05) is 7.11 Å². The van der Waals surface area contributed by atoms with Crippen LogP contribution in [0.15, 0.2) is 53.5 Å². The highest BCUT2D eigenvalue weighted by Gasteiger charge is 2.17. The first kappa shape index (κ1) is 14.9. The molecule has 0 saturated carbocycles. The van der Waals surface area contributed by atoms with Crippen LogP contribution in [0.1, 0.15) is 10.4 Å². The molecule has 0 unspecified atom stereocenters. The van der Waals surface area contributed by atoms with E-state index in [-0.39, 0.29) is 0 Å². The molecule has 4 rings (SSSR count). The van der Waals surface area contributed by atoms with Crippen LogP contribution < -0.4 is 10.5 Å². The van der Waals surface area contributed by atoms with Crippen molar-refractivity contribution in [2.24, 2.45) is 5.73 Å². The third-order valence-corrected chi connectivity index (χ3v) is 3.95. The number of aromatic amines is 1. The second-order valence-electron chi connectivity index (χ2n) is 5.43. The van der Waals surface area contributed by atoms with Crippen LogP contribution in [0.4, 0.5) is 0 Å². The van der Waals surface area contributed by atoms with E-state index in [1.165, 1.54) is 0 Å². The maximum absolute atomic E-state index is 11.5. The summed E-state index contributed by atoms with van der Waals surface area (Å²) in [5.41, 5.74) is 9.37. The van der Waals surface area contributed by atoms with Crippen LogP contribution in [0, 0.1) is 0 Å². The minimum atomic E-state index is -0.517.